The molecule has 0 unspecified atom stereocenters. The molecule has 0 bridgehead atoms. The van der Waals surface area contributed by atoms with E-state index in [0.29, 0.717) is 42.8 Å². The Balaban J connectivity index is 1.49. The molecule has 3 saturated heterocycles. The second-order valence-corrected chi connectivity index (χ2v) is 8.05. The van der Waals surface area contributed by atoms with Gasteiger partial charge in [-0.15, -0.1) is 0 Å². The molecule has 3 amide bonds. The number of aliphatic carboxylic acids is 1. The zero-order valence-electron chi connectivity index (χ0n) is 16.3. The largest absolute Gasteiger partial charge is 0.477 e. The van der Waals surface area contributed by atoms with Crippen LogP contribution in [0.2, 0.25) is 0 Å². The summed E-state index contributed by atoms with van der Waals surface area (Å²) < 4.78 is 0. The number of likely N-dealkylation sites (tertiary alicyclic amines) is 1. The van der Waals surface area contributed by atoms with Crippen LogP contribution in [0.25, 0.3) is 0 Å². The van der Waals surface area contributed by atoms with Crippen molar-refractivity contribution in [1.82, 2.24) is 14.8 Å². The minimum atomic E-state index is -1.19. The summed E-state index contributed by atoms with van der Waals surface area (Å²) in [6, 6.07) is 2.70. The molecular formula is C21H20N4O5. The van der Waals surface area contributed by atoms with Crippen LogP contribution in [0.5, 0.6) is 0 Å². The third-order valence-corrected chi connectivity index (χ3v) is 6.43. The molecule has 4 aliphatic heterocycles. The van der Waals surface area contributed by atoms with Gasteiger partial charge in [0, 0.05) is 37.7 Å². The first-order valence-corrected chi connectivity index (χ1v) is 9.87. The highest BCUT2D eigenvalue weighted by atomic mass is 16.4. The van der Waals surface area contributed by atoms with Gasteiger partial charge in [-0.25, -0.2) is 4.79 Å². The fourth-order valence-electron chi connectivity index (χ4n) is 5.14. The van der Waals surface area contributed by atoms with E-state index < -0.39 is 12.0 Å². The average Bonchev–Trinajstić information content (AvgIpc) is 3.27. The molecule has 1 aromatic rings. The van der Waals surface area contributed by atoms with E-state index in [1.807, 2.05) is 0 Å². The monoisotopic (exact) mass is 408 g/mol. The molecule has 0 radical (unpaired) electrons. The van der Waals surface area contributed by atoms with Crippen LogP contribution in [0.3, 0.4) is 0 Å². The lowest BCUT2D eigenvalue weighted by Gasteiger charge is -2.49. The lowest BCUT2D eigenvalue weighted by atomic mass is 9.79. The summed E-state index contributed by atoms with van der Waals surface area (Å²) in [4.78, 5) is 58.1. The molecular weight excluding hydrogens is 388 g/mol. The number of rotatable bonds is 3. The first-order chi connectivity index (χ1) is 14.4. The molecule has 0 aliphatic carbocycles. The highest BCUT2D eigenvalue weighted by Crippen LogP contribution is 2.47. The van der Waals surface area contributed by atoms with Gasteiger partial charge >= 0.3 is 5.97 Å². The summed E-state index contributed by atoms with van der Waals surface area (Å²) in [6.07, 6.45) is 5.78. The number of hydrogen-bond acceptors (Lipinski definition) is 5. The summed E-state index contributed by atoms with van der Waals surface area (Å²) in [5.74, 6) is -1.95. The minimum Gasteiger partial charge on any atom is -0.477 e. The number of pyridine rings is 1. The summed E-state index contributed by atoms with van der Waals surface area (Å²) in [5.41, 5.74) is 1.60. The maximum absolute atomic E-state index is 12.9. The first-order valence-electron chi connectivity index (χ1n) is 9.87. The standard InChI is InChI=1S/C21H20N4O5/c1-11(26)24-10-14-8-13(17(21(29)30)25-16(14)18(24)20(25)28)7-12-4-6-23(19(12)27)15-3-2-5-22-9-15/h2-3,5,7,9,14,16,18H,4,6,8,10H2,1H3,(H,29,30)/b12-7+/t14-,16-,18+/m1/s1. The van der Waals surface area contributed by atoms with Crippen LogP contribution in [-0.4, -0.2) is 68.8 Å². The number of allylic oxidation sites excluding steroid dienone is 2. The number of β-lactam (4-membered cyclic amide) rings is 1. The van der Waals surface area contributed by atoms with Gasteiger partial charge < -0.3 is 14.9 Å². The van der Waals surface area contributed by atoms with Gasteiger partial charge in [-0.1, -0.05) is 0 Å². The van der Waals surface area contributed by atoms with Crippen LogP contribution in [0.4, 0.5) is 5.69 Å². The second-order valence-electron chi connectivity index (χ2n) is 8.05. The number of amides is 3. The molecule has 9 nitrogen and oxygen atoms in total. The van der Waals surface area contributed by atoms with Gasteiger partial charge in [-0.3, -0.25) is 24.3 Å². The van der Waals surface area contributed by atoms with E-state index in [-0.39, 0.29) is 35.4 Å². The smallest absolute Gasteiger partial charge is 0.352 e. The van der Waals surface area contributed by atoms with Crippen molar-refractivity contribution >= 4 is 29.4 Å². The number of carboxylic acid groups (broad SMARTS) is 1. The molecule has 1 N–H and O–H groups in total. The maximum atomic E-state index is 12.9. The Bertz CT molecular complexity index is 1050. The second kappa shape index (κ2) is 6.51. The molecule has 0 saturated carbocycles. The SMILES string of the molecule is CC(=O)N1C[C@H]2CC(/C=C3\CCN(c4cccnc4)C3=O)=C(C(=O)O)N3C(=O)[C@@H]1[C@@H]23. The van der Waals surface area contributed by atoms with Gasteiger partial charge in [0.05, 0.1) is 17.9 Å². The number of carbonyl (C=O) groups excluding carboxylic acids is 3. The first kappa shape index (κ1) is 18.5. The van der Waals surface area contributed by atoms with Crippen molar-refractivity contribution in [1.29, 1.82) is 0 Å². The van der Waals surface area contributed by atoms with E-state index in [4.69, 9.17) is 0 Å². The molecule has 154 valence electrons. The zero-order chi connectivity index (χ0) is 21.2. The molecule has 4 aliphatic rings. The summed E-state index contributed by atoms with van der Waals surface area (Å²) in [5, 5.41) is 9.82. The van der Waals surface area contributed by atoms with E-state index in [1.165, 1.54) is 16.7 Å². The van der Waals surface area contributed by atoms with E-state index in [9.17, 15) is 24.3 Å². The molecule has 1 aromatic heterocycles. The third-order valence-electron chi connectivity index (χ3n) is 6.43. The molecule has 0 aromatic carbocycles. The lowest BCUT2D eigenvalue weighted by molar-refractivity contribution is -0.159. The van der Waals surface area contributed by atoms with Crippen molar-refractivity contribution in [2.45, 2.75) is 31.8 Å². The van der Waals surface area contributed by atoms with Crippen molar-refractivity contribution in [2.24, 2.45) is 5.92 Å². The van der Waals surface area contributed by atoms with Gasteiger partial charge in [0.25, 0.3) is 11.8 Å². The quantitative estimate of drug-likeness (QED) is 0.577. The number of anilines is 1. The van der Waals surface area contributed by atoms with Crippen LogP contribution >= 0.6 is 0 Å². The van der Waals surface area contributed by atoms with Crippen molar-refractivity contribution in [3.8, 4) is 0 Å². The molecule has 3 fully saturated rings. The van der Waals surface area contributed by atoms with Gasteiger partial charge in [-0.2, -0.15) is 0 Å². The Morgan fingerprint density at radius 3 is 2.77 bits per heavy atom. The normalized spacial score (nSPS) is 28.9. The van der Waals surface area contributed by atoms with Crippen LogP contribution in [0.15, 0.2) is 47.4 Å². The molecule has 5 rings (SSSR count). The number of carboxylic acids is 1. The maximum Gasteiger partial charge on any atom is 0.352 e. The zero-order valence-corrected chi connectivity index (χ0v) is 16.3. The fraction of sp³-hybridized carbons (Fsp3) is 0.381. The van der Waals surface area contributed by atoms with Gasteiger partial charge in [0.15, 0.2) is 0 Å². The number of carbonyl (C=O) groups is 4. The summed E-state index contributed by atoms with van der Waals surface area (Å²) in [6.45, 7) is 2.33. The van der Waals surface area contributed by atoms with Gasteiger partial charge in [-0.05, 0) is 36.6 Å². The van der Waals surface area contributed by atoms with E-state index in [2.05, 4.69) is 4.98 Å². The third kappa shape index (κ3) is 2.51. The lowest BCUT2D eigenvalue weighted by Crippen LogP contribution is -2.69. The van der Waals surface area contributed by atoms with Gasteiger partial charge in [0.1, 0.15) is 11.7 Å². The number of aromatic nitrogens is 1. The highest BCUT2D eigenvalue weighted by Gasteiger charge is 2.63. The predicted molar refractivity (Wildman–Crippen MR) is 104 cm³/mol. The Morgan fingerprint density at radius 1 is 1.30 bits per heavy atom. The summed E-state index contributed by atoms with van der Waals surface area (Å²) >= 11 is 0. The molecule has 9 heteroatoms. The Kier molecular flexibility index (Phi) is 4.02. The summed E-state index contributed by atoms with van der Waals surface area (Å²) in [7, 11) is 0. The number of nitrogens with zero attached hydrogens (tertiary/aromatic N) is 4. The fourth-order valence-corrected chi connectivity index (χ4v) is 5.14. The minimum absolute atomic E-state index is 0.0301. The predicted octanol–water partition coefficient (Wildman–Crippen LogP) is 0.545. The average molecular weight is 408 g/mol. The molecule has 0 spiro atoms. The van der Waals surface area contributed by atoms with Crippen LogP contribution in [0.1, 0.15) is 19.8 Å². The van der Waals surface area contributed by atoms with E-state index >= 15 is 0 Å². The van der Waals surface area contributed by atoms with Crippen molar-refractivity contribution in [3.63, 3.8) is 0 Å². The van der Waals surface area contributed by atoms with Crippen LogP contribution in [0, 0.1) is 5.92 Å². The van der Waals surface area contributed by atoms with Crippen molar-refractivity contribution < 1.29 is 24.3 Å². The Labute approximate surface area is 172 Å². The Hall–Kier alpha value is -3.49. The molecule has 5 heterocycles. The molecule has 30 heavy (non-hydrogen) atoms. The van der Waals surface area contributed by atoms with Crippen molar-refractivity contribution in [3.05, 3.63) is 47.4 Å². The van der Waals surface area contributed by atoms with Crippen LogP contribution < -0.4 is 4.90 Å². The van der Waals surface area contributed by atoms with E-state index in [0.717, 1.165) is 0 Å². The van der Waals surface area contributed by atoms with Crippen LogP contribution in [-0.2, 0) is 19.2 Å². The number of hydrogen-bond donors (Lipinski definition) is 1. The topological polar surface area (TPSA) is 111 Å². The van der Waals surface area contributed by atoms with Crippen molar-refractivity contribution in [2.75, 3.05) is 18.0 Å². The Morgan fingerprint density at radius 2 is 2.10 bits per heavy atom. The highest BCUT2D eigenvalue weighted by molar-refractivity contribution is 6.09. The molecule has 3 atom stereocenters. The van der Waals surface area contributed by atoms with Gasteiger partial charge in [0.2, 0.25) is 5.91 Å². The van der Waals surface area contributed by atoms with E-state index in [1.54, 1.807) is 35.5 Å².